The van der Waals surface area contributed by atoms with Crippen LogP contribution in [0.15, 0.2) is 73.1 Å². The SMILES string of the molecule is CC(C)(c1cccc(-c2ccc(F)cc2F)n1)c1ncn(-c2ccccc2)n1. The van der Waals surface area contributed by atoms with E-state index in [0.29, 0.717) is 17.2 Å². The summed E-state index contributed by atoms with van der Waals surface area (Å²) >= 11 is 0. The van der Waals surface area contributed by atoms with Gasteiger partial charge in [-0.25, -0.2) is 18.4 Å². The Morgan fingerprint density at radius 2 is 1.68 bits per heavy atom. The van der Waals surface area contributed by atoms with Crippen LogP contribution in [0.3, 0.4) is 0 Å². The molecule has 0 N–H and O–H groups in total. The van der Waals surface area contributed by atoms with Crippen LogP contribution in [-0.4, -0.2) is 19.7 Å². The van der Waals surface area contributed by atoms with Gasteiger partial charge in [-0.15, -0.1) is 0 Å². The van der Waals surface area contributed by atoms with E-state index in [9.17, 15) is 8.78 Å². The minimum absolute atomic E-state index is 0.252. The fourth-order valence-corrected chi connectivity index (χ4v) is 3.00. The van der Waals surface area contributed by atoms with E-state index in [0.717, 1.165) is 11.8 Å². The normalized spacial score (nSPS) is 11.6. The van der Waals surface area contributed by atoms with Gasteiger partial charge in [0.2, 0.25) is 0 Å². The van der Waals surface area contributed by atoms with Gasteiger partial charge in [0.1, 0.15) is 18.0 Å². The Labute approximate surface area is 161 Å². The maximum atomic E-state index is 14.2. The molecule has 0 saturated heterocycles. The van der Waals surface area contributed by atoms with Gasteiger partial charge in [-0.2, -0.15) is 5.10 Å². The van der Waals surface area contributed by atoms with Crippen molar-refractivity contribution in [2.75, 3.05) is 0 Å². The first-order chi connectivity index (χ1) is 13.4. The van der Waals surface area contributed by atoms with Crippen molar-refractivity contribution in [1.82, 2.24) is 19.7 Å². The molecular weight excluding hydrogens is 358 g/mol. The first kappa shape index (κ1) is 18.0. The highest BCUT2D eigenvalue weighted by Gasteiger charge is 2.29. The lowest BCUT2D eigenvalue weighted by molar-refractivity contribution is 0.568. The minimum Gasteiger partial charge on any atom is -0.252 e. The van der Waals surface area contributed by atoms with E-state index in [1.807, 2.05) is 50.2 Å². The zero-order valence-electron chi connectivity index (χ0n) is 15.5. The second kappa shape index (κ2) is 6.96. The third kappa shape index (κ3) is 3.29. The van der Waals surface area contributed by atoms with Gasteiger partial charge in [0.25, 0.3) is 0 Å². The van der Waals surface area contributed by atoms with E-state index in [2.05, 4.69) is 15.1 Å². The summed E-state index contributed by atoms with van der Waals surface area (Å²) in [5.41, 5.74) is 1.69. The number of rotatable bonds is 4. The molecule has 0 bridgehead atoms. The van der Waals surface area contributed by atoms with E-state index in [1.165, 1.54) is 12.1 Å². The van der Waals surface area contributed by atoms with Gasteiger partial charge >= 0.3 is 0 Å². The summed E-state index contributed by atoms with van der Waals surface area (Å²) in [6.07, 6.45) is 1.66. The van der Waals surface area contributed by atoms with Crippen molar-refractivity contribution in [3.8, 4) is 16.9 Å². The number of halogens is 2. The Bertz CT molecular complexity index is 1120. The summed E-state index contributed by atoms with van der Waals surface area (Å²) in [6, 6.07) is 18.5. The second-order valence-electron chi connectivity index (χ2n) is 7.01. The second-order valence-corrected chi connectivity index (χ2v) is 7.01. The summed E-state index contributed by atoms with van der Waals surface area (Å²) in [7, 11) is 0. The monoisotopic (exact) mass is 376 g/mol. The smallest absolute Gasteiger partial charge is 0.162 e. The summed E-state index contributed by atoms with van der Waals surface area (Å²) in [5.74, 6) is -0.664. The molecule has 0 amide bonds. The summed E-state index contributed by atoms with van der Waals surface area (Å²) in [6.45, 7) is 3.93. The standard InChI is InChI=1S/C22H18F2N4/c1-22(2,21-25-14-28(27-21)16-7-4-3-5-8-16)20-10-6-9-19(26-20)17-12-11-15(23)13-18(17)24/h3-14H,1-2H3. The molecule has 0 fully saturated rings. The zero-order chi connectivity index (χ0) is 19.7. The van der Waals surface area contributed by atoms with E-state index in [1.54, 1.807) is 23.1 Å². The molecule has 2 aromatic heterocycles. The molecule has 4 rings (SSSR count). The van der Waals surface area contributed by atoms with Crippen LogP contribution in [0.5, 0.6) is 0 Å². The molecule has 2 heterocycles. The number of hydrogen-bond acceptors (Lipinski definition) is 3. The maximum Gasteiger partial charge on any atom is 0.162 e. The molecule has 0 radical (unpaired) electrons. The van der Waals surface area contributed by atoms with E-state index >= 15 is 0 Å². The quantitative estimate of drug-likeness (QED) is 0.507. The maximum absolute atomic E-state index is 14.2. The number of nitrogens with zero attached hydrogens (tertiary/aromatic N) is 4. The molecule has 0 aliphatic heterocycles. The van der Waals surface area contributed by atoms with Crippen LogP contribution in [0, 0.1) is 11.6 Å². The number of hydrogen-bond donors (Lipinski definition) is 0. The molecule has 0 spiro atoms. The van der Waals surface area contributed by atoms with E-state index in [4.69, 9.17) is 0 Å². The molecule has 4 aromatic rings. The van der Waals surface area contributed by atoms with Gasteiger partial charge in [-0.3, -0.25) is 4.98 Å². The van der Waals surface area contributed by atoms with Crippen LogP contribution in [-0.2, 0) is 5.41 Å². The van der Waals surface area contributed by atoms with E-state index < -0.39 is 17.0 Å². The van der Waals surface area contributed by atoms with Crippen LogP contribution >= 0.6 is 0 Å². The number of benzene rings is 2. The zero-order valence-corrected chi connectivity index (χ0v) is 15.5. The van der Waals surface area contributed by atoms with Crippen molar-refractivity contribution < 1.29 is 8.78 Å². The highest BCUT2D eigenvalue weighted by molar-refractivity contribution is 5.60. The van der Waals surface area contributed by atoms with Crippen molar-refractivity contribution in [1.29, 1.82) is 0 Å². The van der Waals surface area contributed by atoms with Crippen LogP contribution in [0.2, 0.25) is 0 Å². The average molecular weight is 376 g/mol. The number of pyridine rings is 1. The molecule has 2 aromatic carbocycles. The molecule has 0 unspecified atom stereocenters. The average Bonchev–Trinajstić information content (AvgIpc) is 3.20. The lowest BCUT2D eigenvalue weighted by Gasteiger charge is -2.21. The highest BCUT2D eigenvalue weighted by Crippen LogP contribution is 2.30. The fourth-order valence-electron chi connectivity index (χ4n) is 3.00. The van der Waals surface area contributed by atoms with Crippen molar-refractivity contribution in [2.45, 2.75) is 19.3 Å². The van der Waals surface area contributed by atoms with Crippen LogP contribution in [0.4, 0.5) is 8.78 Å². The van der Waals surface area contributed by atoms with Gasteiger partial charge in [0.05, 0.1) is 22.5 Å². The summed E-state index contributed by atoms with van der Waals surface area (Å²) < 4.78 is 29.1. The van der Waals surface area contributed by atoms with Crippen LogP contribution < -0.4 is 0 Å². The largest absolute Gasteiger partial charge is 0.252 e. The Balaban J connectivity index is 1.71. The topological polar surface area (TPSA) is 43.6 Å². The predicted molar refractivity (Wildman–Crippen MR) is 103 cm³/mol. The van der Waals surface area contributed by atoms with Gasteiger partial charge < -0.3 is 0 Å². The number of aromatic nitrogens is 4. The summed E-state index contributed by atoms with van der Waals surface area (Å²) in [4.78, 5) is 9.07. The van der Waals surface area contributed by atoms with Crippen LogP contribution in [0.25, 0.3) is 16.9 Å². The molecule has 4 nitrogen and oxygen atoms in total. The molecule has 0 saturated carbocycles. The first-order valence-corrected chi connectivity index (χ1v) is 8.86. The molecular formula is C22H18F2N4. The Morgan fingerprint density at radius 1 is 0.893 bits per heavy atom. The van der Waals surface area contributed by atoms with Gasteiger partial charge in [0, 0.05) is 11.6 Å². The lowest BCUT2D eigenvalue weighted by Crippen LogP contribution is -2.23. The molecule has 140 valence electrons. The van der Waals surface area contributed by atoms with Crippen molar-refractivity contribution in [3.63, 3.8) is 0 Å². The van der Waals surface area contributed by atoms with Crippen molar-refractivity contribution >= 4 is 0 Å². The van der Waals surface area contributed by atoms with E-state index in [-0.39, 0.29) is 5.56 Å². The minimum atomic E-state index is -0.645. The third-order valence-corrected chi connectivity index (χ3v) is 4.67. The van der Waals surface area contributed by atoms with Gasteiger partial charge in [-0.05, 0) is 50.2 Å². The summed E-state index contributed by atoms with van der Waals surface area (Å²) in [5, 5.41) is 4.60. The van der Waals surface area contributed by atoms with Gasteiger partial charge in [0.15, 0.2) is 5.82 Å². The Kier molecular flexibility index (Phi) is 4.47. The third-order valence-electron chi connectivity index (χ3n) is 4.67. The van der Waals surface area contributed by atoms with Crippen LogP contribution in [0.1, 0.15) is 25.4 Å². The first-order valence-electron chi connectivity index (χ1n) is 8.86. The molecule has 0 aliphatic carbocycles. The van der Waals surface area contributed by atoms with Gasteiger partial charge in [-0.1, -0.05) is 24.3 Å². The van der Waals surface area contributed by atoms with Crippen molar-refractivity contribution in [3.05, 3.63) is 96.2 Å². The predicted octanol–water partition coefficient (Wildman–Crippen LogP) is 4.93. The molecule has 0 atom stereocenters. The highest BCUT2D eigenvalue weighted by atomic mass is 19.1. The molecule has 0 aliphatic rings. The molecule has 6 heteroatoms. The molecule has 28 heavy (non-hydrogen) atoms. The Morgan fingerprint density at radius 3 is 2.43 bits per heavy atom. The Hall–Kier alpha value is -3.41. The fraction of sp³-hybridized carbons (Fsp3) is 0.136. The number of para-hydroxylation sites is 1. The van der Waals surface area contributed by atoms with Crippen molar-refractivity contribution in [2.24, 2.45) is 0 Å². The lowest BCUT2D eigenvalue weighted by atomic mass is 9.87.